The second kappa shape index (κ2) is 9.63. The number of rotatable bonds is 8. The third-order valence-corrected chi connectivity index (χ3v) is 3.08. The Labute approximate surface area is 145 Å². The van der Waals surface area contributed by atoms with Crippen LogP contribution in [0.3, 0.4) is 0 Å². The maximum absolute atomic E-state index is 12.1. The number of benzene rings is 1. The van der Waals surface area contributed by atoms with Crippen molar-refractivity contribution in [2.24, 2.45) is 11.7 Å². The Bertz CT molecular complexity index is 499. The zero-order valence-electron chi connectivity index (χ0n) is 14.6. The second-order valence-corrected chi connectivity index (χ2v) is 6.57. The molecular weight excluding hydrogens is 316 g/mol. The molecule has 1 aromatic carbocycles. The lowest BCUT2D eigenvalue weighted by Gasteiger charge is -2.19. The number of methoxy groups -OCH3 is 1. The van der Waals surface area contributed by atoms with Crippen molar-refractivity contribution in [3.63, 3.8) is 0 Å². The predicted molar refractivity (Wildman–Crippen MR) is 95.8 cm³/mol. The molecule has 0 aliphatic heterocycles. The van der Waals surface area contributed by atoms with Gasteiger partial charge in [-0.3, -0.25) is 4.79 Å². The molecule has 3 N–H and O–H groups in total. The number of amides is 1. The van der Waals surface area contributed by atoms with Gasteiger partial charge in [-0.1, -0.05) is 13.8 Å². The maximum atomic E-state index is 12.1. The van der Waals surface area contributed by atoms with Gasteiger partial charge in [0.2, 0.25) is 0 Å². The number of hydrogen-bond donors (Lipinski definition) is 2. The Morgan fingerprint density at radius 2 is 1.96 bits per heavy atom. The van der Waals surface area contributed by atoms with Crippen LogP contribution in [-0.4, -0.2) is 31.7 Å². The minimum atomic E-state index is -0.445. The highest BCUT2D eigenvalue weighted by atomic mass is 35.5. The summed E-state index contributed by atoms with van der Waals surface area (Å²) in [5, 5.41) is 2.81. The summed E-state index contributed by atoms with van der Waals surface area (Å²) in [4.78, 5) is 12.1. The molecule has 6 heteroatoms. The second-order valence-electron chi connectivity index (χ2n) is 6.57. The number of nitrogens with two attached hydrogens (primary N) is 1. The van der Waals surface area contributed by atoms with Crippen LogP contribution >= 0.6 is 12.4 Å². The highest BCUT2D eigenvalue weighted by Crippen LogP contribution is 2.28. The van der Waals surface area contributed by atoms with E-state index in [-0.39, 0.29) is 18.3 Å². The molecule has 0 saturated carbocycles. The molecule has 0 aromatic heterocycles. The summed E-state index contributed by atoms with van der Waals surface area (Å²) in [5.74, 6) is 1.61. The summed E-state index contributed by atoms with van der Waals surface area (Å²) in [5.41, 5.74) is 5.94. The molecule has 5 nitrogen and oxygen atoms in total. The number of ether oxygens (including phenoxy) is 2. The summed E-state index contributed by atoms with van der Waals surface area (Å²) >= 11 is 0. The Morgan fingerprint density at radius 3 is 2.48 bits per heavy atom. The highest BCUT2D eigenvalue weighted by molar-refractivity contribution is 5.94. The number of halogens is 1. The monoisotopic (exact) mass is 344 g/mol. The summed E-state index contributed by atoms with van der Waals surface area (Å²) < 4.78 is 11.0. The molecule has 1 rings (SSSR count). The molecule has 23 heavy (non-hydrogen) atoms. The van der Waals surface area contributed by atoms with E-state index in [9.17, 15) is 4.79 Å². The van der Waals surface area contributed by atoms with Gasteiger partial charge in [0.15, 0.2) is 11.5 Å². The van der Waals surface area contributed by atoms with Gasteiger partial charge in [0.25, 0.3) is 5.91 Å². The lowest BCUT2D eigenvalue weighted by molar-refractivity contribution is 0.0945. The van der Waals surface area contributed by atoms with E-state index < -0.39 is 5.54 Å². The van der Waals surface area contributed by atoms with Crippen molar-refractivity contribution >= 4 is 18.3 Å². The van der Waals surface area contributed by atoms with Crippen LogP contribution in [0.1, 0.15) is 44.5 Å². The lowest BCUT2D eigenvalue weighted by atomic mass is 10.1. The number of carbonyl (C=O) groups excluding carboxylic acids is 1. The van der Waals surface area contributed by atoms with Gasteiger partial charge in [0.1, 0.15) is 0 Å². The molecule has 1 aromatic rings. The Kier molecular flexibility index (Phi) is 9.02. The molecule has 0 aliphatic rings. The normalized spacial score (nSPS) is 10.9. The average Bonchev–Trinajstić information content (AvgIpc) is 2.43. The van der Waals surface area contributed by atoms with E-state index in [1.807, 2.05) is 13.8 Å². The van der Waals surface area contributed by atoms with Crippen molar-refractivity contribution in [3.8, 4) is 11.5 Å². The van der Waals surface area contributed by atoms with E-state index in [2.05, 4.69) is 19.2 Å². The molecule has 0 fully saturated rings. The van der Waals surface area contributed by atoms with E-state index >= 15 is 0 Å². The number of carbonyl (C=O) groups is 1. The first-order valence-corrected chi connectivity index (χ1v) is 7.61. The molecule has 0 heterocycles. The lowest BCUT2D eigenvalue weighted by Crippen LogP contribution is -2.45. The van der Waals surface area contributed by atoms with Gasteiger partial charge in [-0.15, -0.1) is 12.4 Å². The summed E-state index contributed by atoms with van der Waals surface area (Å²) in [6.07, 6.45) is 0.969. The smallest absolute Gasteiger partial charge is 0.251 e. The first-order valence-electron chi connectivity index (χ1n) is 7.61. The van der Waals surface area contributed by atoms with E-state index in [1.165, 1.54) is 0 Å². The van der Waals surface area contributed by atoms with Crippen molar-refractivity contribution in [1.29, 1.82) is 0 Å². The molecule has 1 amide bonds. The van der Waals surface area contributed by atoms with Crippen molar-refractivity contribution in [2.75, 3.05) is 20.3 Å². The van der Waals surface area contributed by atoms with Gasteiger partial charge < -0.3 is 20.5 Å². The van der Waals surface area contributed by atoms with Crippen LogP contribution in [0.5, 0.6) is 11.5 Å². The van der Waals surface area contributed by atoms with E-state index in [1.54, 1.807) is 25.3 Å². The molecule has 0 spiro atoms. The zero-order valence-corrected chi connectivity index (χ0v) is 15.5. The predicted octanol–water partition coefficient (Wildman–Crippen LogP) is 3.01. The van der Waals surface area contributed by atoms with Gasteiger partial charge in [0, 0.05) is 17.6 Å². The molecule has 0 atom stereocenters. The van der Waals surface area contributed by atoms with Gasteiger partial charge in [-0.05, 0) is 44.4 Å². The van der Waals surface area contributed by atoms with Crippen LogP contribution in [0.2, 0.25) is 0 Å². The van der Waals surface area contributed by atoms with Crippen LogP contribution in [0.15, 0.2) is 18.2 Å². The zero-order chi connectivity index (χ0) is 16.8. The van der Waals surface area contributed by atoms with Crippen LogP contribution in [0.25, 0.3) is 0 Å². The van der Waals surface area contributed by atoms with Crippen molar-refractivity contribution in [1.82, 2.24) is 5.32 Å². The SMILES string of the molecule is COc1cc(C(=O)NCC(C)(C)N)ccc1OCCC(C)C.Cl. The fourth-order valence-corrected chi connectivity index (χ4v) is 1.74. The molecule has 132 valence electrons. The molecular formula is C17H29ClN2O3. The topological polar surface area (TPSA) is 73.6 Å². The van der Waals surface area contributed by atoms with Crippen LogP contribution in [0, 0.1) is 5.92 Å². The van der Waals surface area contributed by atoms with Gasteiger partial charge >= 0.3 is 0 Å². The number of hydrogen-bond acceptors (Lipinski definition) is 4. The van der Waals surface area contributed by atoms with Crippen molar-refractivity contribution in [3.05, 3.63) is 23.8 Å². The number of nitrogens with one attached hydrogen (secondary N) is 1. The van der Waals surface area contributed by atoms with Crippen molar-refractivity contribution in [2.45, 2.75) is 39.7 Å². The van der Waals surface area contributed by atoms with E-state index in [4.69, 9.17) is 15.2 Å². The first-order chi connectivity index (χ1) is 10.2. The Hall–Kier alpha value is -1.46. The molecule has 0 unspecified atom stereocenters. The third kappa shape index (κ3) is 8.09. The van der Waals surface area contributed by atoms with Crippen LogP contribution in [-0.2, 0) is 0 Å². The van der Waals surface area contributed by atoms with Crippen molar-refractivity contribution < 1.29 is 14.3 Å². The largest absolute Gasteiger partial charge is 0.493 e. The summed E-state index contributed by atoms with van der Waals surface area (Å²) in [6, 6.07) is 5.18. The first kappa shape index (κ1) is 21.5. The van der Waals surface area contributed by atoms with Gasteiger partial charge in [0.05, 0.1) is 13.7 Å². The fourth-order valence-electron chi connectivity index (χ4n) is 1.74. The summed E-state index contributed by atoms with van der Waals surface area (Å²) in [7, 11) is 1.56. The quantitative estimate of drug-likeness (QED) is 0.760. The highest BCUT2D eigenvalue weighted by Gasteiger charge is 2.15. The Morgan fingerprint density at radius 1 is 1.30 bits per heavy atom. The van der Waals surface area contributed by atoms with E-state index in [0.29, 0.717) is 36.1 Å². The fraction of sp³-hybridized carbons (Fsp3) is 0.588. The molecule has 0 saturated heterocycles. The van der Waals surface area contributed by atoms with Crippen LogP contribution < -0.4 is 20.5 Å². The third-order valence-electron chi connectivity index (χ3n) is 3.08. The van der Waals surface area contributed by atoms with Gasteiger partial charge in [-0.25, -0.2) is 0 Å². The van der Waals surface area contributed by atoms with Crippen LogP contribution in [0.4, 0.5) is 0 Å². The Balaban J connectivity index is 0.00000484. The minimum absolute atomic E-state index is 0. The standard InChI is InChI=1S/C17H28N2O3.ClH/c1-12(2)8-9-22-14-7-6-13(10-15(14)21-5)16(20)19-11-17(3,4)18;/h6-7,10,12H,8-9,11,18H2,1-5H3,(H,19,20);1H. The summed E-state index contributed by atoms with van der Waals surface area (Å²) in [6.45, 7) is 9.04. The molecule has 0 radical (unpaired) electrons. The minimum Gasteiger partial charge on any atom is -0.493 e. The average molecular weight is 345 g/mol. The molecule has 0 aliphatic carbocycles. The molecule has 0 bridgehead atoms. The maximum Gasteiger partial charge on any atom is 0.251 e. The van der Waals surface area contributed by atoms with E-state index in [0.717, 1.165) is 6.42 Å². The van der Waals surface area contributed by atoms with Gasteiger partial charge in [-0.2, -0.15) is 0 Å².